The monoisotopic (exact) mass is 243 g/mol. The summed E-state index contributed by atoms with van der Waals surface area (Å²) in [6, 6.07) is 12.5. The Morgan fingerprint density at radius 2 is 1.94 bits per heavy atom. The summed E-state index contributed by atoms with van der Waals surface area (Å²) in [5.74, 6) is 1.06. The van der Waals surface area contributed by atoms with Crippen molar-refractivity contribution in [2.24, 2.45) is 0 Å². The van der Waals surface area contributed by atoms with Gasteiger partial charge >= 0.3 is 0 Å². The van der Waals surface area contributed by atoms with Crippen LogP contribution in [0.2, 0.25) is 0 Å². The summed E-state index contributed by atoms with van der Waals surface area (Å²) in [6.45, 7) is 8.29. The van der Waals surface area contributed by atoms with E-state index >= 15 is 0 Å². The van der Waals surface area contributed by atoms with E-state index in [0.717, 1.165) is 37.5 Å². The predicted octanol–water partition coefficient (Wildman–Crippen LogP) is 2.67. The molecule has 0 aliphatic heterocycles. The third-order valence-corrected chi connectivity index (χ3v) is 3.10. The summed E-state index contributed by atoms with van der Waals surface area (Å²) in [4.78, 5) is 7.02. The van der Waals surface area contributed by atoms with Crippen LogP contribution in [0.5, 0.6) is 0 Å². The second kappa shape index (κ2) is 6.36. The van der Waals surface area contributed by atoms with Gasteiger partial charge in [-0.3, -0.25) is 0 Å². The molecule has 1 aromatic heterocycles. The van der Waals surface area contributed by atoms with Crippen LogP contribution in [0.4, 0.5) is 5.82 Å². The lowest BCUT2D eigenvalue weighted by Gasteiger charge is -2.22. The van der Waals surface area contributed by atoms with Gasteiger partial charge in [0.1, 0.15) is 5.82 Å². The number of hydrogen-bond acceptors (Lipinski definition) is 3. The van der Waals surface area contributed by atoms with Crippen LogP contribution >= 0.6 is 0 Å². The number of aromatic nitrogens is 1. The Hall–Kier alpha value is -1.61. The van der Waals surface area contributed by atoms with E-state index in [9.17, 15) is 0 Å². The molecule has 0 atom stereocenters. The van der Waals surface area contributed by atoms with Crippen molar-refractivity contribution in [3.63, 3.8) is 0 Å². The average molecular weight is 243 g/mol. The Morgan fingerprint density at radius 1 is 1.11 bits per heavy atom. The van der Waals surface area contributed by atoms with E-state index in [-0.39, 0.29) is 0 Å². The normalized spacial score (nSPS) is 10.8. The van der Waals surface area contributed by atoms with Gasteiger partial charge in [-0.25, -0.2) is 4.98 Å². The fourth-order valence-corrected chi connectivity index (χ4v) is 2.06. The van der Waals surface area contributed by atoms with E-state index in [1.165, 1.54) is 5.39 Å². The van der Waals surface area contributed by atoms with Crippen LogP contribution in [0.15, 0.2) is 36.4 Å². The highest BCUT2D eigenvalue weighted by molar-refractivity contribution is 5.80. The third-order valence-electron chi connectivity index (χ3n) is 3.10. The van der Waals surface area contributed by atoms with E-state index in [1.807, 2.05) is 12.1 Å². The molecule has 0 aliphatic carbocycles. The van der Waals surface area contributed by atoms with Gasteiger partial charge in [-0.15, -0.1) is 0 Å². The zero-order valence-electron chi connectivity index (χ0n) is 11.2. The first kappa shape index (κ1) is 12.8. The Bertz CT molecular complexity index is 496. The maximum atomic E-state index is 4.72. The summed E-state index contributed by atoms with van der Waals surface area (Å²) in [7, 11) is 0. The minimum atomic E-state index is 0.983. The Balaban J connectivity index is 2.17. The molecule has 96 valence electrons. The second-order valence-electron chi connectivity index (χ2n) is 4.30. The molecule has 0 radical (unpaired) electrons. The lowest BCUT2D eigenvalue weighted by molar-refractivity contribution is 0.684. The zero-order chi connectivity index (χ0) is 12.8. The van der Waals surface area contributed by atoms with Crippen LogP contribution in [0.1, 0.15) is 13.8 Å². The number of para-hydroxylation sites is 1. The summed E-state index contributed by atoms with van der Waals surface area (Å²) >= 11 is 0. The van der Waals surface area contributed by atoms with Gasteiger partial charge in [0.2, 0.25) is 0 Å². The fourth-order valence-electron chi connectivity index (χ4n) is 2.06. The van der Waals surface area contributed by atoms with Crippen LogP contribution in [0.25, 0.3) is 10.9 Å². The smallest absolute Gasteiger partial charge is 0.129 e. The molecule has 1 aromatic carbocycles. The van der Waals surface area contributed by atoms with Crippen molar-refractivity contribution < 1.29 is 0 Å². The SMILES string of the molecule is CCNCCN(CC)c1ccc2ccccc2n1. The number of nitrogens with zero attached hydrogens (tertiary/aromatic N) is 2. The van der Waals surface area contributed by atoms with Gasteiger partial charge in [0.25, 0.3) is 0 Å². The minimum absolute atomic E-state index is 0.983. The molecule has 0 amide bonds. The molecule has 0 spiro atoms. The van der Waals surface area contributed by atoms with Crippen LogP contribution < -0.4 is 10.2 Å². The number of anilines is 1. The lowest BCUT2D eigenvalue weighted by atomic mass is 10.2. The molecule has 2 rings (SSSR count). The van der Waals surface area contributed by atoms with Crippen molar-refractivity contribution in [2.75, 3.05) is 31.1 Å². The van der Waals surface area contributed by atoms with Gasteiger partial charge in [0.05, 0.1) is 5.52 Å². The van der Waals surface area contributed by atoms with Crippen molar-refractivity contribution in [1.82, 2.24) is 10.3 Å². The van der Waals surface area contributed by atoms with Gasteiger partial charge < -0.3 is 10.2 Å². The molecular weight excluding hydrogens is 222 g/mol. The van der Waals surface area contributed by atoms with Gasteiger partial charge in [-0.1, -0.05) is 25.1 Å². The highest BCUT2D eigenvalue weighted by atomic mass is 15.2. The predicted molar refractivity (Wildman–Crippen MR) is 78.2 cm³/mol. The Kier molecular flexibility index (Phi) is 4.53. The summed E-state index contributed by atoms with van der Waals surface area (Å²) < 4.78 is 0. The Labute approximate surface area is 109 Å². The molecule has 0 saturated heterocycles. The van der Waals surface area contributed by atoms with E-state index in [0.29, 0.717) is 0 Å². The molecule has 1 heterocycles. The second-order valence-corrected chi connectivity index (χ2v) is 4.30. The number of pyridine rings is 1. The quantitative estimate of drug-likeness (QED) is 0.791. The molecular formula is C15H21N3. The standard InChI is InChI=1S/C15H21N3/c1-3-16-11-12-18(4-2)15-10-9-13-7-5-6-8-14(13)17-15/h5-10,16H,3-4,11-12H2,1-2H3. The van der Waals surface area contributed by atoms with Crippen molar-refractivity contribution >= 4 is 16.7 Å². The molecule has 2 aromatic rings. The highest BCUT2D eigenvalue weighted by Gasteiger charge is 2.05. The van der Waals surface area contributed by atoms with E-state index in [4.69, 9.17) is 4.98 Å². The molecule has 1 N–H and O–H groups in total. The molecule has 0 fully saturated rings. The molecule has 0 unspecified atom stereocenters. The van der Waals surface area contributed by atoms with Crippen molar-refractivity contribution in [3.8, 4) is 0 Å². The average Bonchev–Trinajstić information content (AvgIpc) is 2.43. The molecule has 3 nitrogen and oxygen atoms in total. The van der Waals surface area contributed by atoms with Crippen LogP contribution in [-0.4, -0.2) is 31.2 Å². The van der Waals surface area contributed by atoms with E-state index in [2.05, 4.69) is 48.3 Å². The topological polar surface area (TPSA) is 28.2 Å². The summed E-state index contributed by atoms with van der Waals surface area (Å²) in [5.41, 5.74) is 1.07. The first-order valence-corrected chi connectivity index (χ1v) is 6.66. The first-order valence-electron chi connectivity index (χ1n) is 6.66. The molecule has 0 bridgehead atoms. The van der Waals surface area contributed by atoms with Gasteiger partial charge in [0.15, 0.2) is 0 Å². The number of nitrogens with one attached hydrogen (secondary N) is 1. The number of fused-ring (bicyclic) bond motifs is 1. The van der Waals surface area contributed by atoms with Gasteiger partial charge in [0, 0.05) is 25.0 Å². The summed E-state index contributed by atoms with van der Waals surface area (Å²) in [5, 5.41) is 4.55. The number of likely N-dealkylation sites (N-methyl/N-ethyl adjacent to an activating group) is 2. The van der Waals surface area contributed by atoms with Crippen LogP contribution in [0, 0.1) is 0 Å². The number of benzene rings is 1. The van der Waals surface area contributed by atoms with E-state index in [1.54, 1.807) is 0 Å². The number of hydrogen-bond donors (Lipinski definition) is 1. The molecule has 3 heteroatoms. The lowest BCUT2D eigenvalue weighted by Crippen LogP contribution is -2.32. The first-order chi connectivity index (χ1) is 8.85. The zero-order valence-corrected chi connectivity index (χ0v) is 11.2. The van der Waals surface area contributed by atoms with Gasteiger partial charge in [-0.2, -0.15) is 0 Å². The van der Waals surface area contributed by atoms with Crippen LogP contribution in [-0.2, 0) is 0 Å². The Morgan fingerprint density at radius 3 is 2.72 bits per heavy atom. The molecule has 18 heavy (non-hydrogen) atoms. The maximum Gasteiger partial charge on any atom is 0.129 e. The third kappa shape index (κ3) is 2.99. The fraction of sp³-hybridized carbons (Fsp3) is 0.400. The molecule has 0 aliphatic rings. The molecule has 0 saturated carbocycles. The van der Waals surface area contributed by atoms with Gasteiger partial charge in [-0.05, 0) is 31.7 Å². The van der Waals surface area contributed by atoms with Crippen LogP contribution in [0.3, 0.4) is 0 Å². The summed E-state index contributed by atoms with van der Waals surface area (Å²) in [6.07, 6.45) is 0. The van der Waals surface area contributed by atoms with Crippen molar-refractivity contribution in [1.29, 1.82) is 0 Å². The van der Waals surface area contributed by atoms with E-state index < -0.39 is 0 Å². The largest absolute Gasteiger partial charge is 0.356 e. The minimum Gasteiger partial charge on any atom is -0.356 e. The maximum absolute atomic E-state index is 4.72. The highest BCUT2D eigenvalue weighted by Crippen LogP contribution is 2.17. The number of rotatable bonds is 6. The van der Waals surface area contributed by atoms with Crippen molar-refractivity contribution in [3.05, 3.63) is 36.4 Å². The van der Waals surface area contributed by atoms with Crippen molar-refractivity contribution in [2.45, 2.75) is 13.8 Å².